The van der Waals surface area contributed by atoms with Gasteiger partial charge in [0.15, 0.2) is 0 Å². The molecule has 1 aromatic carbocycles. The van der Waals surface area contributed by atoms with E-state index in [4.69, 9.17) is 11.6 Å². The lowest BCUT2D eigenvalue weighted by Crippen LogP contribution is -2.26. The maximum Gasteiger partial charge on any atom is 0.269 e. The summed E-state index contributed by atoms with van der Waals surface area (Å²) in [6.45, 7) is 3.31. The molecule has 8 heteroatoms. The number of hydrogen-bond donors (Lipinski definition) is 1. The zero-order chi connectivity index (χ0) is 13.8. The van der Waals surface area contributed by atoms with Crippen LogP contribution in [0.2, 0.25) is 0 Å². The first-order valence-electron chi connectivity index (χ1n) is 4.84. The standard InChI is InChI=1S/C10H11ClN2O4S/c1-8(11)6-12-18(16,17)7-9-2-4-10(5-3-9)13(14)15/h2-5,12H,1,6-7H2. The van der Waals surface area contributed by atoms with Gasteiger partial charge in [0.2, 0.25) is 10.0 Å². The molecule has 0 aromatic heterocycles. The highest BCUT2D eigenvalue weighted by molar-refractivity contribution is 7.88. The Morgan fingerprint density at radius 2 is 1.94 bits per heavy atom. The Balaban J connectivity index is 2.72. The highest BCUT2D eigenvalue weighted by Gasteiger charge is 2.12. The highest BCUT2D eigenvalue weighted by Crippen LogP contribution is 2.13. The van der Waals surface area contributed by atoms with E-state index in [1.807, 2.05) is 0 Å². The summed E-state index contributed by atoms with van der Waals surface area (Å²) >= 11 is 5.45. The Bertz CT molecular complexity index is 554. The molecular formula is C10H11ClN2O4S. The van der Waals surface area contributed by atoms with Crippen molar-refractivity contribution in [1.82, 2.24) is 4.72 Å². The zero-order valence-electron chi connectivity index (χ0n) is 9.30. The number of sulfonamides is 1. The van der Waals surface area contributed by atoms with Crippen LogP contribution in [-0.4, -0.2) is 19.9 Å². The zero-order valence-corrected chi connectivity index (χ0v) is 10.9. The van der Waals surface area contributed by atoms with Crippen LogP contribution >= 0.6 is 11.6 Å². The second-order valence-electron chi connectivity index (χ2n) is 3.52. The van der Waals surface area contributed by atoms with Crippen molar-refractivity contribution in [2.75, 3.05) is 6.54 Å². The van der Waals surface area contributed by atoms with E-state index in [0.29, 0.717) is 5.56 Å². The molecule has 6 nitrogen and oxygen atoms in total. The second-order valence-corrected chi connectivity index (χ2v) is 5.86. The van der Waals surface area contributed by atoms with Gasteiger partial charge in [0, 0.05) is 23.7 Å². The summed E-state index contributed by atoms with van der Waals surface area (Å²) in [4.78, 5) is 9.88. The van der Waals surface area contributed by atoms with Gasteiger partial charge in [-0.2, -0.15) is 0 Å². The number of nitro groups is 1. The van der Waals surface area contributed by atoms with E-state index >= 15 is 0 Å². The van der Waals surface area contributed by atoms with E-state index in [-0.39, 0.29) is 23.0 Å². The van der Waals surface area contributed by atoms with Crippen LogP contribution < -0.4 is 4.72 Å². The van der Waals surface area contributed by atoms with Crippen LogP contribution in [0.15, 0.2) is 35.9 Å². The van der Waals surface area contributed by atoms with E-state index in [1.165, 1.54) is 24.3 Å². The van der Waals surface area contributed by atoms with Crippen molar-refractivity contribution in [3.8, 4) is 0 Å². The first kappa shape index (κ1) is 14.6. The summed E-state index contributed by atoms with van der Waals surface area (Å²) in [5.74, 6) is -0.269. The van der Waals surface area contributed by atoms with Crippen molar-refractivity contribution in [2.45, 2.75) is 5.75 Å². The number of non-ortho nitro benzene ring substituents is 1. The molecule has 0 heterocycles. The van der Waals surface area contributed by atoms with Crippen LogP contribution in [0.4, 0.5) is 5.69 Å². The largest absolute Gasteiger partial charge is 0.269 e. The summed E-state index contributed by atoms with van der Waals surface area (Å²) in [6, 6.07) is 5.30. The summed E-state index contributed by atoms with van der Waals surface area (Å²) in [5, 5.41) is 10.6. The number of halogens is 1. The van der Waals surface area contributed by atoms with Crippen LogP contribution in [-0.2, 0) is 15.8 Å². The molecule has 0 amide bonds. The number of rotatable bonds is 6. The average Bonchev–Trinajstić information content (AvgIpc) is 2.27. The molecule has 0 fully saturated rings. The maximum atomic E-state index is 11.6. The molecule has 0 aliphatic carbocycles. The number of benzene rings is 1. The maximum absolute atomic E-state index is 11.6. The Morgan fingerprint density at radius 1 is 1.39 bits per heavy atom. The van der Waals surface area contributed by atoms with Gasteiger partial charge in [0.1, 0.15) is 0 Å². The topological polar surface area (TPSA) is 89.3 Å². The highest BCUT2D eigenvalue weighted by atomic mass is 35.5. The van der Waals surface area contributed by atoms with Gasteiger partial charge in [-0.1, -0.05) is 30.3 Å². The molecule has 0 unspecified atom stereocenters. The van der Waals surface area contributed by atoms with E-state index in [2.05, 4.69) is 11.3 Å². The molecule has 0 spiro atoms. The number of hydrogen-bond acceptors (Lipinski definition) is 4. The van der Waals surface area contributed by atoms with Crippen LogP contribution in [0.1, 0.15) is 5.56 Å². The van der Waals surface area contributed by atoms with Crippen molar-refractivity contribution in [1.29, 1.82) is 0 Å². The molecule has 1 N–H and O–H groups in total. The van der Waals surface area contributed by atoms with Crippen LogP contribution in [0, 0.1) is 10.1 Å². The monoisotopic (exact) mass is 290 g/mol. The molecule has 0 saturated carbocycles. The van der Waals surface area contributed by atoms with Gasteiger partial charge >= 0.3 is 0 Å². The fourth-order valence-corrected chi connectivity index (χ4v) is 2.45. The molecule has 0 aliphatic rings. The van der Waals surface area contributed by atoms with Crippen molar-refractivity contribution in [3.63, 3.8) is 0 Å². The van der Waals surface area contributed by atoms with Gasteiger partial charge < -0.3 is 0 Å². The van der Waals surface area contributed by atoms with E-state index in [0.717, 1.165) is 0 Å². The SMILES string of the molecule is C=C(Cl)CNS(=O)(=O)Cc1ccc([N+](=O)[O-])cc1. The molecule has 18 heavy (non-hydrogen) atoms. The molecule has 1 rings (SSSR count). The molecule has 0 bridgehead atoms. The fourth-order valence-electron chi connectivity index (χ4n) is 1.17. The lowest BCUT2D eigenvalue weighted by Gasteiger charge is -2.05. The summed E-state index contributed by atoms with van der Waals surface area (Å²) in [7, 11) is -3.53. The van der Waals surface area contributed by atoms with E-state index < -0.39 is 14.9 Å². The Hall–Kier alpha value is -1.44. The fraction of sp³-hybridized carbons (Fsp3) is 0.200. The number of nitrogens with zero attached hydrogens (tertiary/aromatic N) is 1. The third-order valence-corrected chi connectivity index (χ3v) is 3.42. The van der Waals surface area contributed by atoms with Crippen LogP contribution in [0.3, 0.4) is 0 Å². The molecule has 0 radical (unpaired) electrons. The number of nitrogens with one attached hydrogen (secondary N) is 1. The average molecular weight is 291 g/mol. The summed E-state index contributed by atoms with van der Waals surface area (Å²) < 4.78 is 25.4. The summed E-state index contributed by atoms with van der Waals surface area (Å²) in [5.41, 5.74) is 0.367. The van der Waals surface area contributed by atoms with Gasteiger partial charge in [-0.25, -0.2) is 13.1 Å². The Kier molecular flexibility index (Phi) is 4.83. The second kappa shape index (κ2) is 5.94. The third kappa shape index (κ3) is 4.82. The lowest BCUT2D eigenvalue weighted by molar-refractivity contribution is -0.384. The lowest BCUT2D eigenvalue weighted by atomic mass is 10.2. The molecule has 0 atom stereocenters. The molecule has 1 aromatic rings. The van der Waals surface area contributed by atoms with Crippen LogP contribution in [0.5, 0.6) is 0 Å². The predicted octanol–water partition coefficient (Wildman–Crippen LogP) is 1.77. The van der Waals surface area contributed by atoms with E-state index in [9.17, 15) is 18.5 Å². The van der Waals surface area contributed by atoms with Gasteiger partial charge in [0.25, 0.3) is 5.69 Å². The minimum absolute atomic E-state index is 0.0448. The predicted molar refractivity (Wildman–Crippen MR) is 68.7 cm³/mol. The molecule has 98 valence electrons. The number of nitro benzene ring substituents is 1. The molecular weight excluding hydrogens is 280 g/mol. The molecule has 0 aliphatic heterocycles. The van der Waals surface area contributed by atoms with Gasteiger partial charge in [-0.05, 0) is 5.56 Å². The third-order valence-electron chi connectivity index (χ3n) is 1.99. The first-order valence-corrected chi connectivity index (χ1v) is 6.87. The first-order chi connectivity index (χ1) is 8.30. The van der Waals surface area contributed by atoms with Gasteiger partial charge in [-0.3, -0.25) is 10.1 Å². The quantitative estimate of drug-likeness (QED) is 0.638. The van der Waals surface area contributed by atoms with E-state index in [1.54, 1.807) is 0 Å². The van der Waals surface area contributed by atoms with Crippen molar-refractivity contribution >= 4 is 27.3 Å². The van der Waals surface area contributed by atoms with Crippen molar-refractivity contribution < 1.29 is 13.3 Å². The van der Waals surface area contributed by atoms with Crippen molar-refractivity contribution in [2.24, 2.45) is 0 Å². The minimum atomic E-state index is -3.53. The minimum Gasteiger partial charge on any atom is -0.258 e. The van der Waals surface area contributed by atoms with Crippen molar-refractivity contribution in [3.05, 3.63) is 51.6 Å². The normalized spacial score (nSPS) is 11.2. The van der Waals surface area contributed by atoms with Crippen LogP contribution in [0.25, 0.3) is 0 Å². The summed E-state index contributed by atoms with van der Waals surface area (Å²) in [6.07, 6.45) is 0. The van der Waals surface area contributed by atoms with Gasteiger partial charge in [0.05, 0.1) is 10.7 Å². The Morgan fingerprint density at radius 3 is 2.39 bits per heavy atom. The Labute approximate surface area is 109 Å². The smallest absolute Gasteiger partial charge is 0.258 e. The van der Waals surface area contributed by atoms with Gasteiger partial charge in [-0.15, -0.1) is 0 Å². The molecule has 0 saturated heterocycles.